The number of ether oxygens (including phenoxy) is 1. The molecule has 0 aromatic heterocycles. The van der Waals surface area contributed by atoms with Crippen LogP contribution in [-0.4, -0.2) is 23.0 Å². The third kappa shape index (κ3) is 3.14. The highest BCUT2D eigenvalue weighted by Gasteiger charge is 2.28. The minimum atomic E-state index is -0.863. The van der Waals surface area contributed by atoms with Gasteiger partial charge in [0.05, 0.1) is 16.7 Å². The summed E-state index contributed by atoms with van der Waals surface area (Å²) in [6.07, 6.45) is 0. The van der Waals surface area contributed by atoms with Crippen LogP contribution in [0.5, 0.6) is 0 Å². The highest BCUT2D eigenvalue weighted by Crippen LogP contribution is 2.18. The Bertz CT molecular complexity index is 685. The summed E-state index contributed by atoms with van der Waals surface area (Å²) in [6, 6.07) is 13.4. The van der Waals surface area contributed by atoms with E-state index in [1.165, 1.54) is 0 Å². The van der Waals surface area contributed by atoms with Crippen molar-refractivity contribution in [2.75, 3.05) is 0 Å². The van der Waals surface area contributed by atoms with E-state index in [0.29, 0.717) is 16.7 Å². The standard InChI is InChI=1S/C8H4O3.C8H8O2/c9-7-5-3-1-2-4-6(5)8(10)11-7;1-6-4-2-3-5-7(6)8(9)10/h1-4H;2-5H,1H3,(H,9,10). The number of benzene rings is 2. The Labute approximate surface area is 120 Å². The fraction of sp³-hybridized carbons (Fsp3) is 0.0625. The second-order valence-electron chi connectivity index (χ2n) is 4.34. The van der Waals surface area contributed by atoms with E-state index >= 15 is 0 Å². The minimum Gasteiger partial charge on any atom is -0.478 e. The predicted molar refractivity (Wildman–Crippen MR) is 74.3 cm³/mol. The summed E-state index contributed by atoms with van der Waals surface area (Å²) in [5, 5.41) is 8.57. The molecule has 1 heterocycles. The topological polar surface area (TPSA) is 80.7 Å². The third-order valence-corrected chi connectivity index (χ3v) is 2.93. The Kier molecular flexibility index (Phi) is 4.13. The summed E-state index contributed by atoms with van der Waals surface area (Å²) < 4.78 is 4.35. The molecule has 0 aliphatic carbocycles. The fourth-order valence-electron chi connectivity index (χ4n) is 1.85. The fourth-order valence-corrected chi connectivity index (χ4v) is 1.85. The van der Waals surface area contributed by atoms with Crippen LogP contribution in [0.4, 0.5) is 0 Å². The summed E-state index contributed by atoms with van der Waals surface area (Å²) in [5.41, 5.74) is 1.90. The van der Waals surface area contributed by atoms with Gasteiger partial charge in [-0.3, -0.25) is 0 Å². The van der Waals surface area contributed by atoms with Gasteiger partial charge < -0.3 is 9.84 Å². The lowest BCUT2D eigenvalue weighted by atomic mass is 10.1. The molecular weight excluding hydrogens is 272 g/mol. The van der Waals surface area contributed by atoms with Crippen molar-refractivity contribution in [1.82, 2.24) is 0 Å². The SMILES string of the molecule is Cc1ccccc1C(=O)O.O=C1OC(=O)c2ccccc21. The van der Waals surface area contributed by atoms with E-state index in [1.54, 1.807) is 49.4 Å². The summed E-state index contributed by atoms with van der Waals surface area (Å²) in [6.45, 7) is 1.78. The number of hydrogen-bond donors (Lipinski definition) is 1. The molecule has 3 rings (SSSR count). The first-order chi connectivity index (χ1) is 10.0. The molecule has 0 bridgehead atoms. The van der Waals surface area contributed by atoms with E-state index in [4.69, 9.17) is 5.11 Å². The first-order valence-electron chi connectivity index (χ1n) is 6.15. The molecule has 2 aromatic carbocycles. The first kappa shape index (κ1) is 14.5. The zero-order valence-electron chi connectivity index (χ0n) is 11.2. The van der Waals surface area contributed by atoms with Gasteiger partial charge in [0.15, 0.2) is 0 Å². The summed E-state index contributed by atoms with van der Waals surface area (Å²) in [5.74, 6) is -1.96. The lowest BCUT2D eigenvalue weighted by Gasteiger charge is -1.96. The molecule has 0 unspecified atom stereocenters. The van der Waals surface area contributed by atoms with Crippen molar-refractivity contribution in [2.45, 2.75) is 6.92 Å². The number of rotatable bonds is 1. The number of aryl methyl sites for hydroxylation is 1. The van der Waals surface area contributed by atoms with Crippen LogP contribution in [0.15, 0.2) is 48.5 Å². The summed E-state index contributed by atoms with van der Waals surface area (Å²) in [7, 11) is 0. The van der Waals surface area contributed by atoms with Crippen LogP contribution in [0.2, 0.25) is 0 Å². The van der Waals surface area contributed by atoms with Gasteiger partial charge in [-0.1, -0.05) is 30.3 Å². The molecule has 0 fully saturated rings. The quantitative estimate of drug-likeness (QED) is 0.643. The van der Waals surface area contributed by atoms with Gasteiger partial charge in [0.2, 0.25) is 0 Å². The predicted octanol–water partition coefficient (Wildman–Crippen LogP) is 2.69. The molecule has 0 amide bonds. The van der Waals surface area contributed by atoms with Crippen molar-refractivity contribution in [3.63, 3.8) is 0 Å². The van der Waals surface area contributed by atoms with E-state index in [0.717, 1.165) is 5.56 Å². The molecular formula is C16H12O5. The average molecular weight is 284 g/mol. The Morgan fingerprint density at radius 1 is 0.905 bits per heavy atom. The lowest BCUT2D eigenvalue weighted by molar-refractivity contribution is 0.0443. The maximum Gasteiger partial charge on any atom is 0.346 e. The van der Waals surface area contributed by atoms with Gasteiger partial charge in [0.1, 0.15) is 0 Å². The summed E-state index contributed by atoms with van der Waals surface area (Å²) in [4.78, 5) is 32.1. The van der Waals surface area contributed by atoms with Crippen LogP contribution in [0.1, 0.15) is 36.6 Å². The number of hydrogen-bond acceptors (Lipinski definition) is 4. The van der Waals surface area contributed by atoms with Crippen LogP contribution in [-0.2, 0) is 4.74 Å². The summed E-state index contributed by atoms with van der Waals surface area (Å²) >= 11 is 0. The Hall–Kier alpha value is -2.95. The number of fused-ring (bicyclic) bond motifs is 1. The molecule has 0 radical (unpaired) electrons. The molecule has 0 atom stereocenters. The Morgan fingerprint density at radius 3 is 1.81 bits per heavy atom. The van der Waals surface area contributed by atoms with Gasteiger partial charge >= 0.3 is 17.9 Å². The maximum atomic E-state index is 10.8. The second kappa shape index (κ2) is 6.00. The molecule has 1 N–H and O–H groups in total. The number of cyclic esters (lactones) is 2. The molecule has 0 saturated heterocycles. The van der Waals surface area contributed by atoms with Gasteiger partial charge in [-0.05, 0) is 30.7 Å². The molecule has 0 saturated carbocycles. The van der Waals surface area contributed by atoms with E-state index in [2.05, 4.69) is 4.74 Å². The van der Waals surface area contributed by atoms with Crippen LogP contribution in [0.3, 0.4) is 0 Å². The number of carbonyl (C=O) groups excluding carboxylic acids is 2. The van der Waals surface area contributed by atoms with Crippen molar-refractivity contribution in [3.05, 3.63) is 70.8 Å². The number of carboxylic acid groups (broad SMARTS) is 1. The van der Waals surface area contributed by atoms with E-state index in [9.17, 15) is 14.4 Å². The van der Waals surface area contributed by atoms with Gasteiger partial charge in [-0.25, -0.2) is 14.4 Å². The van der Waals surface area contributed by atoms with Crippen LogP contribution in [0.25, 0.3) is 0 Å². The van der Waals surface area contributed by atoms with Gasteiger partial charge in [-0.2, -0.15) is 0 Å². The van der Waals surface area contributed by atoms with Crippen molar-refractivity contribution in [1.29, 1.82) is 0 Å². The molecule has 1 aliphatic rings. The van der Waals surface area contributed by atoms with Crippen LogP contribution >= 0.6 is 0 Å². The number of esters is 2. The van der Waals surface area contributed by atoms with Gasteiger partial charge in [0, 0.05) is 0 Å². The highest BCUT2D eigenvalue weighted by molar-refractivity contribution is 6.14. The smallest absolute Gasteiger partial charge is 0.346 e. The normalized spacial score (nSPS) is 12.0. The van der Waals surface area contributed by atoms with E-state index in [1.807, 2.05) is 6.07 Å². The first-order valence-corrected chi connectivity index (χ1v) is 6.15. The molecule has 2 aromatic rings. The van der Waals surface area contributed by atoms with Crippen LogP contribution in [0, 0.1) is 6.92 Å². The molecule has 106 valence electrons. The zero-order chi connectivity index (χ0) is 15.4. The van der Waals surface area contributed by atoms with Crippen molar-refractivity contribution in [3.8, 4) is 0 Å². The molecule has 1 aliphatic heterocycles. The van der Waals surface area contributed by atoms with Crippen molar-refractivity contribution in [2.24, 2.45) is 0 Å². The molecule has 0 spiro atoms. The second-order valence-corrected chi connectivity index (χ2v) is 4.34. The average Bonchev–Trinajstić information content (AvgIpc) is 2.76. The zero-order valence-corrected chi connectivity index (χ0v) is 11.2. The highest BCUT2D eigenvalue weighted by atomic mass is 16.6. The monoisotopic (exact) mass is 284 g/mol. The molecule has 21 heavy (non-hydrogen) atoms. The van der Waals surface area contributed by atoms with Crippen molar-refractivity contribution >= 4 is 17.9 Å². The van der Waals surface area contributed by atoms with E-state index in [-0.39, 0.29) is 0 Å². The maximum absolute atomic E-state index is 10.8. The largest absolute Gasteiger partial charge is 0.478 e. The van der Waals surface area contributed by atoms with Gasteiger partial charge in [-0.15, -0.1) is 0 Å². The van der Waals surface area contributed by atoms with E-state index < -0.39 is 17.9 Å². The van der Waals surface area contributed by atoms with Crippen molar-refractivity contribution < 1.29 is 24.2 Å². The van der Waals surface area contributed by atoms with Gasteiger partial charge in [0.25, 0.3) is 0 Å². The minimum absolute atomic E-state index is 0.359. The Morgan fingerprint density at radius 2 is 1.38 bits per heavy atom. The molecule has 5 nitrogen and oxygen atoms in total. The number of carboxylic acids is 1. The Balaban J connectivity index is 0.000000155. The van der Waals surface area contributed by atoms with Crippen LogP contribution < -0.4 is 0 Å². The lowest BCUT2D eigenvalue weighted by Crippen LogP contribution is -1.97. The number of aromatic carboxylic acids is 1. The third-order valence-electron chi connectivity index (χ3n) is 2.93. The molecule has 5 heteroatoms. The number of carbonyl (C=O) groups is 3.